The van der Waals surface area contributed by atoms with Gasteiger partial charge in [0.2, 0.25) is 5.91 Å². The molecule has 0 saturated carbocycles. The first-order chi connectivity index (χ1) is 13.7. The minimum absolute atomic E-state index is 0.233. The van der Waals surface area contributed by atoms with Gasteiger partial charge in [0, 0.05) is 43.5 Å². The van der Waals surface area contributed by atoms with Gasteiger partial charge in [0.05, 0.1) is 0 Å². The molecule has 3 rings (SSSR count). The van der Waals surface area contributed by atoms with Gasteiger partial charge in [-0.15, -0.1) is 0 Å². The van der Waals surface area contributed by atoms with Crippen LogP contribution >= 0.6 is 11.8 Å². The second-order valence-electron chi connectivity index (χ2n) is 8.06. The number of hydrogen-bond acceptors (Lipinski definition) is 6. The standard InChI is InChI=1S/C21H35N5OS/c1-3-26-10-4-5-19(26)15-22-20(27)7-6-17-8-11-25(12-9-17)16-18-13-23-21(28-2)24-14-18/h13-14,17,19H,3-12,15-16H2,1-2H3,(H,22,27). The van der Waals surface area contributed by atoms with E-state index >= 15 is 0 Å². The number of piperidine rings is 1. The smallest absolute Gasteiger partial charge is 0.220 e. The lowest BCUT2D eigenvalue weighted by atomic mass is 9.92. The van der Waals surface area contributed by atoms with E-state index in [1.807, 2.05) is 18.6 Å². The molecule has 0 spiro atoms. The van der Waals surface area contributed by atoms with E-state index < -0.39 is 0 Å². The van der Waals surface area contributed by atoms with Crippen LogP contribution in [-0.4, -0.2) is 70.7 Å². The number of nitrogens with zero attached hydrogens (tertiary/aromatic N) is 4. The second-order valence-corrected chi connectivity index (χ2v) is 8.84. The zero-order valence-corrected chi connectivity index (χ0v) is 18.2. The molecule has 0 radical (unpaired) electrons. The van der Waals surface area contributed by atoms with Gasteiger partial charge >= 0.3 is 0 Å². The minimum Gasteiger partial charge on any atom is -0.355 e. The quantitative estimate of drug-likeness (QED) is 0.504. The van der Waals surface area contributed by atoms with Crippen LogP contribution in [0.25, 0.3) is 0 Å². The molecule has 1 aromatic rings. The van der Waals surface area contributed by atoms with E-state index in [-0.39, 0.29) is 5.91 Å². The normalized spacial score (nSPS) is 21.9. The van der Waals surface area contributed by atoms with Crippen LogP contribution < -0.4 is 5.32 Å². The summed E-state index contributed by atoms with van der Waals surface area (Å²) in [4.78, 5) is 25.9. The third-order valence-electron chi connectivity index (χ3n) is 6.20. The number of rotatable bonds is 9. The van der Waals surface area contributed by atoms with Gasteiger partial charge in [0.15, 0.2) is 5.16 Å². The van der Waals surface area contributed by atoms with E-state index in [1.165, 1.54) is 37.8 Å². The van der Waals surface area contributed by atoms with Crippen molar-refractivity contribution >= 4 is 17.7 Å². The lowest BCUT2D eigenvalue weighted by molar-refractivity contribution is -0.121. The molecule has 3 heterocycles. The molecule has 7 heteroatoms. The van der Waals surface area contributed by atoms with Crippen molar-refractivity contribution in [1.82, 2.24) is 25.1 Å². The van der Waals surface area contributed by atoms with Crippen LogP contribution in [0.15, 0.2) is 17.6 Å². The fourth-order valence-electron chi connectivity index (χ4n) is 4.42. The third-order valence-corrected chi connectivity index (χ3v) is 6.77. The molecule has 156 valence electrons. The summed E-state index contributed by atoms with van der Waals surface area (Å²) in [7, 11) is 0. The van der Waals surface area contributed by atoms with Crippen LogP contribution in [-0.2, 0) is 11.3 Å². The summed E-state index contributed by atoms with van der Waals surface area (Å²) in [6.45, 7) is 8.43. The summed E-state index contributed by atoms with van der Waals surface area (Å²) >= 11 is 1.57. The zero-order valence-electron chi connectivity index (χ0n) is 17.4. The predicted molar refractivity (Wildman–Crippen MR) is 114 cm³/mol. The van der Waals surface area contributed by atoms with Crippen LogP contribution in [0.1, 0.15) is 51.0 Å². The van der Waals surface area contributed by atoms with Crippen molar-refractivity contribution < 1.29 is 4.79 Å². The van der Waals surface area contributed by atoms with Crippen molar-refractivity contribution in [3.8, 4) is 0 Å². The minimum atomic E-state index is 0.233. The first-order valence-corrected chi connectivity index (χ1v) is 12.0. The number of carbonyl (C=O) groups excluding carboxylic acids is 1. The summed E-state index contributed by atoms with van der Waals surface area (Å²) in [5.41, 5.74) is 1.18. The molecule has 1 aromatic heterocycles. The average molecular weight is 406 g/mol. The van der Waals surface area contributed by atoms with Crippen LogP contribution in [0.4, 0.5) is 0 Å². The number of carbonyl (C=O) groups is 1. The molecular formula is C21H35N5OS. The van der Waals surface area contributed by atoms with Gasteiger partial charge in [0.25, 0.3) is 0 Å². The fraction of sp³-hybridized carbons (Fsp3) is 0.762. The Balaban J connectivity index is 1.30. The second kappa shape index (κ2) is 11.1. The third kappa shape index (κ3) is 6.42. The molecular weight excluding hydrogens is 370 g/mol. The van der Waals surface area contributed by atoms with Crippen LogP contribution in [0.2, 0.25) is 0 Å². The Bertz CT molecular complexity index is 603. The SMILES string of the molecule is CCN1CCCC1CNC(=O)CCC1CCN(Cc2cnc(SC)nc2)CC1. The first kappa shape index (κ1) is 21.5. The van der Waals surface area contributed by atoms with Crippen molar-refractivity contribution in [2.45, 2.75) is 63.2 Å². The summed E-state index contributed by atoms with van der Waals surface area (Å²) < 4.78 is 0. The molecule has 28 heavy (non-hydrogen) atoms. The van der Waals surface area contributed by atoms with E-state index in [0.29, 0.717) is 18.4 Å². The van der Waals surface area contributed by atoms with Crippen molar-refractivity contribution in [3.05, 3.63) is 18.0 Å². The molecule has 2 saturated heterocycles. The lowest BCUT2D eigenvalue weighted by Crippen LogP contribution is -2.40. The fourth-order valence-corrected chi connectivity index (χ4v) is 4.74. The van der Waals surface area contributed by atoms with Gasteiger partial charge in [0.1, 0.15) is 0 Å². The average Bonchev–Trinajstić information content (AvgIpc) is 3.20. The van der Waals surface area contributed by atoms with Gasteiger partial charge in [-0.2, -0.15) is 0 Å². The number of nitrogens with one attached hydrogen (secondary N) is 1. The monoisotopic (exact) mass is 405 g/mol. The van der Waals surface area contributed by atoms with Gasteiger partial charge in [-0.25, -0.2) is 9.97 Å². The summed E-state index contributed by atoms with van der Waals surface area (Å²) in [5, 5.41) is 4.00. The zero-order chi connectivity index (χ0) is 19.8. The van der Waals surface area contributed by atoms with E-state index in [4.69, 9.17) is 0 Å². The molecule has 0 aliphatic carbocycles. The Morgan fingerprint density at radius 1 is 1.21 bits per heavy atom. The highest BCUT2D eigenvalue weighted by atomic mass is 32.2. The predicted octanol–water partition coefficient (Wildman–Crippen LogP) is 2.79. The maximum Gasteiger partial charge on any atom is 0.220 e. The summed E-state index contributed by atoms with van der Waals surface area (Å²) in [6, 6.07) is 0.547. The van der Waals surface area contributed by atoms with Gasteiger partial charge in [-0.05, 0) is 70.5 Å². The molecule has 2 fully saturated rings. The first-order valence-electron chi connectivity index (χ1n) is 10.8. The topological polar surface area (TPSA) is 61.4 Å². The number of hydrogen-bond donors (Lipinski definition) is 1. The Morgan fingerprint density at radius 2 is 1.96 bits per heavy atom. The molecule has 1 atom stereocenters. The van der Waals surface area contributed by atoms with E-state index in [1.54, 1.807) is 11.8 Å². The Hall–Kier alpha value is -1.18. The molecule has 1 N–H and O–H groups in total. The van der Waals surface area contributed by atoms with Crippen molar-refractivity contribution in [2.75, 3.05) is 39.0 Å². The number of aromatic nitrogens is 2. The largest absolute Gasteiger partial charge is 0.355 e. The Labute approximate surface area is 173 Å². The maximum atomic E-state index is 12.2. The molecule has 2 aliphatic heterocycles. The Morgan fingerprint density at radius 3 is 2.64 bits per heavy atom. The van der Waals surface area contributed by atoms with Crippen molar-refractivity contribution in [2.24, 2.45) is 5.92 Å². The number of likely N-dealkylation sites (tertiary alicyclic amines) is 2. The molecule has 1 amide bonds. The van der Waals surface area contributed by atoms with Crippen molar-refractivity contribution in [1.29, 1.82) is 0 Å². The molecule has 0 aromatic carbocycles. The van der Waals surface area contributed by atoms with Crippen LogP contribution in [0.3, 0.4) is 0 Å². The van der Waals surface area contributed by atoms with Crippen LogP contribution in [0.5, 0.6) is 0 Å². The maximum absolute atomic E-state index is 12.2. The highest BCUT2D eigenvalue weighted by Gasteiger charge is 2.24. The van der Waals surface area contributed by atoms with Crippen LogP contribution in [0, 0.1) is 5.92 Å². The van der Waals surface area contributed by atoms with E-state index in [2.05, 4.69) is 32.0 Å². The number of likely N-dealkylation sites (N-methyl/N-ethyl adjacent to an activating group) is 1. The summed E-state index contributed by atoms with van der Waals surface area (Å²) in [6.07, 6.45) is 12.4. The van der Waals surface area contributed by atoms with Crippen molar-refractivity contribution in [3.63, 3.8) is 0 Å². The van der Waals surface area contributed by atoms with Gasteiger partial charge in [-0.3, -0.25) is 14.6 Å². The van der Waals surface area contributed by atoms with Gasteiger partial charge < -0.3 is 5.32 Å². The molecule has 0 bridgehead atoms. The number of thioether (sulfide) groups is 1. The van der Waals surface area contributed by atoms with E-state index in [0.717, 1.165) is 44.3 Å². The number of amides is 1. The summed E-state index contributed by atoms with van der Waals surface area (Å²) in [5.74, 6) is 0.909. The Kier molecular flexibility index (Phi) is 8.55. The van der Waals surface area contributed by atoms with E-state index in [9.17, 15) is 4.79 Å². The van der Waals surface area contributed by atoms with Gasteiger partial charge in [-0.1, -0.05) is 18.7 Å². The lowest BCUT2D eigenvalue weighted by Gasteiger charge is -2.31. The molecule has 2 aliphatic rings. The highest BCUT2D eigenvalue weighted by molar-refractivity contribution is 7.98. The molecule has 6 nitrogen and oxygen atoms in total. The highest BCUT2D eigenvalue weighted by Crippen LogP contribution is 2.23. The molecule has 1 unspecified atom stereocenters.